The molecular weight excluding hydrogens is 490 g/mol. The molecule has 3 N–H and O–H groups in total. The first-order valence-corrected chi connectivity index (χ1v) is 12.7. The highest BCUT2D eigenvalue weighted by Crippen LogP contribution is 2.45. The van der Waals surface area contributed by atoms with Crippen molar-refractivity contribution in [3.05, 3.63) is 100 Å². The van der Waals surface area contributed by atoms with E-state index in [9.17, 15) is 9.59 Å². The average Bonchev–Trinajstić information content (AvgIpc) is 3.58. The van der Waals surface area contributed by atoms with Crippen LogP contribution < -0.4 is 30.8 Å². The molecule has 3 heterocycles. The zero-order valence-electron chi connectivity index (χ0n) is 19.7. The first-order valence-electron chi connectivity index (χ1n) is 11.8. The van der Waals surface area contributed by atoms with Crippen LogP contribution in [0.15, 0.2) is 88.7 Å². The fourth-order valence-corrected chi connectivity index (χ4v) is 5.71. The van der Waals surface area contributed by atoms with Crippen LogP contribution in [0.2, 0.25) is 0 Å². The molecule has 0 fully saturated rings. The van der Waals surface area contributed by atoms with E-state index in [4.69, 9.17) is 19.9 Å². The van der Waals surface area contributed by atoms with Crippen LogP contribution in [0.5, 0.6) is 23.0 Å². The highest BCUT2D eigenvalue weighted by molar-refractivity contribution is 7.99. The van der Waals surface area contributed by atoms with Gasteiger partial charge in [-0.05, 0) is 42.0 Å². The number of benzene rings is 3. The quantitative estimate of drug-likeness (QED) is 0.381. The number of pyridine rings is 1. The molecule has 0 spiro atoms. The predicted octanol–water partition coefficient (Wildman–Crippen LogP) is 4.83. The molecule has 2 aliphatic rings. The highest BCUT2D eigenvalue weighted by atomic mass is 32.2. The minimum absolute atomic E-state index is 0.0485. The van der Waals surface area contributed by atoms with Crippen LogP contribution in [-0.4, -0.2) is 23.0 Å². The van der Waals surface area contributed by atoms with Gasteiger partial charge in [-0.15, -0.1) is 11.8 Å². The van der Waals surface area contributed by atoms with E-state index in [1.807, 2.05) is 66.7 Å². The van der Waals surface area contributed by atoms with Crippen LogP contribution in [-0.2, 0) is 11.2 Å². The average molecular weight is 514 g/mol. The Bertz CT molecular complexity index is 1540. The Labute approximate surface area is 217 Å². The second kappa shape index (κ2) is 9.59. The van der Waals surface area contributed by atoms with Gasteiger partial charge in [-0.25, -0.2) is 0 Å². The Morgan fingerprint density at radius 1 is 1.03 bits per heavy atom. The number of nitrogens with one attached hydrogen (secondary N) is 1. The summed E-state index contributed by atoms with van der Waals surface area (Å²) in [6, 6.07) is 23.4. The van der Waals surface area contributed by atoms with Crippen molar-refractivity contribution in [1.29, 1.82) is 0 Å². The zero-order chi connectivity index (χ0) is 25.4. The Hall–Kier alpha value is -4.37. The number of aromatic nitrogens is 1. The van der Waals surface area contributed by atoms with E-state index in [0.717, 1.165) is 5.56 Å². The van der Waals surface area contributed by atoms with E-state index >= 15 is 0 Å². The molecule has 1 amide bonds. The van der Waals surface area contributed by atoms with Crippen LogP contribution in [0.4, 0.5) is 11.4 Å². The van der Waals surface area contributed by atoms with Crippen LogP contribution in [0.1, 0.15) is 17.2 Å². The highest BCUT2D eigenvalue weighted by Gasteiger charge is 2.36. The summed E-state index contributed by atoms with van der Waals surface area (Å²) in [4.78, 5) is 26.8. The first-order chi connectivity index (χ1) is 18.1. The molecule has 0 saturated carbocycles. The summed E-state index contributed by atoms with van der Waals surface area (Å²) >= 11 is 1.41. The number of carbonyl (C=O) groups excluding carboxylic acids is 1. The number of carbonyl (C=O) groups is 1. The Morgan fingerprint density at radius 3 is 2.54 bits per heavy atom. The number of nitrogens with two attached hydrogens (primary N) is 1. The van der Waals surface area contributed by atoms with E-state index < -0.39 is 11.6 Å². The number of fused-ring (bicyclic) bond motifs is 2. The van der Waals surface area contributed by atoms with Gasteiger partial charge in [0.25, 0.3) is 5.56 Å². The maximum absolute atomic E-state index is 13.6. The molecule has 0 unspecified atom stereocenters. The lowest BCUT2D eigenvalue weighted by Gasteiger charge is -2.20. The van der Waals surface area contributed by atoms with Crippen molar-refractivity contribution in [2.75, 3.05) is 23.6 Å². The summed E-state index contributed by atoms with van der Waals surface area (Å²) in [5.41, 5.74) is 8.22. The Kier molecular flexibility index (Phi) is 5.97. The number of nitrogen functional groups attached to an aromatic ring is 1. The number of ether oxygens (including phenoxy) is 3. The van der Waals surface area contributed by atoms with Gasteiger partial charge in [0.05, 0.1) is 0 Å². The summed E-state index contributed by atoms with van der Waals surface area (Å²) in [6.45, 7) is 0.173. The largest absolute Gasteiger partial charge is 0.454 e. The van der Waals surface area contributed by atoms with E-state index in [2.05, 4.69) is 5.32 Å². The lowest BCUT2D eigenvalue weighted by Crippen LogP contribution is -2.34. The molecule has 6 rings (SSSR count). The van der Waals surface area contributed by atoms with Crippen molar-refractivity contribution in [2.45, 2.75) is 17.5 Å². The van der Waals surface area contributed by atoms with Gasteiger partial charge < -0.3 is 25.3 Å². The third-order valence-electron chi connectivity index (χ3n) is 6.28. The second-order valence-electron chi connectivity index (χ2n) is 8.66. The van der Waals surface area contributed by atoms with Crippen molar-refractivity contribution in [3.63, 3.8) is 0 Å². The molecule has 1 aromatic heterocycles. The molecule has 0 radical (unpaired) electrons. The number of rotatable bonds is 6. The molecule has 0 bridgehead atoms. The summed E-state index contributed by atoms with van der Waals surface area (Å²) in [5.74, 6) is 2.49. The molecule has 2 aliphatic heterocycles. The number of para-hydroxylation sites is 2. The molecule has 186 valence electrons. The minimum atomic E-state index is -0.729. The van der Waals surface area contributed by atoms with Gasteiger partial charge in [0, 0.05) is 23.4 Å². The molecule has 3 aromatic carbocycles. The summed E-state index contributed by atoms with van der Waals surface area (Å²) < 4.78 is 18.8. The van der Waals surface area contributed by atoms with Gasteiger partial charge >= 0.3 is 0 Å². The predicted molar refractivity (Wildman–Crippen MR) is 142 cm³/mol. The number of amides is 1. The second-order valence-corrected chi connectivity index (χ2v) is 9.67. The van der Waals surface area contributed by atoms with Crippen molar-refractivity contribution < 1.29 is 19.0 Å². The maximum Gasteiger partial charge on any atom is 0.275 e. The minimum Gasteiger partial charge on any atom is -0.454 e. The van der Waals surface area contributed by atoms with E-state index in [1.165, 1.54) is 16.3 Å². The molecule has 0 saturated heterocycles. The summed E-state index contributed by atoms with van der Waals surface area (Å²) in [5, 5.41) is 3.48. The van der Waals surface area contributed by atoms with Gasteiger partial charge in [0.1, 0.15) is 22.5 Å². The summed E-state index contributed by atoms with van der Waals surface area (Å²) in [6.07, 6.45) is 0.342. The van der Waals surface area contributed by atoms with Gasteiger partial charge in [-0.1, -0.05) is 42.5 Å². The summed E-state index contributed by atoms with van der Waals surface area (Å²) in [7, 11) is 0. The molecule has 8 nitrogen and oxygen atoms in total. The first kappa shape index (κ1) is 23.1. The molecule has 1 atom stereocenters. The fourth-order valence-electron chi connectivity index (χ4n) is 4.44. The number of nitrogens with zero attached hydrogens (tertiary/aromatic N) is 1. The Balaban J connectivity index is 1.42. The number of hydrogen-bond acceptors (Lipinski definition) is 7. The van der Waals surface area contributed by atoms with E-state index in [0.29, 0.717) is 51.4 Å². The molecule has 0 aliphatic carbocycles. The standard InChI is InChI=1S/C28H23N3O5S/c29-24-20(13-17-11-12-22-23(14-17)35-16-34-22)25(36-19-9-5-2-6-10-19)28-31(27(24)33)21(15-37-28)26(32)30-18-7-3-1-4-8-18/h1-12,14,21H,13,15-16,29H2,(H,30,32)/t21-/m0/s1. The smallest absolute Gasteiger partial charge is 0.275 e. The maximum atomic E-state index is 13.6. The SMILES string of the molecule is Nc1c(Cc2ccc3c(c2)OCO3)c(Oc2ccccc2)c2n(c1=O)[C@H](C(=O)Nc1ccccc1)CS2. The van der Waals surface area contributed by atoms with Crippen molar-refractivity contribution in [3.8, 4) is 23.0 Å². The third kappa shape index (κ3) is 4.38. The molecule has 37 heavy (non-hydrogen) atoms. The Morgan fingerprint density at radius 2 is 1.76 bits per heavy atom. The monoisotopic (exact) mass is 513 g/mol. The van der Waals surface area contributed by atoms with Crippen molar-refractivity contribution in [1.82, 2.24) is 4.57 Å². The van der Waals surface area contributed by atoms with Gasteiger partial charge in [0.15, 0.2) is 17.2 Å². The number of anilines is 2. The fraction of sp³-hybridized carbons (Fsp3) is 0.143. The normalized spacial score (nSPS) is 15.3. The number of thioether (sulfide) groups is 1. The van der Waals surface area contributed by atoms with Crippen molar-refractivity contribution >= 4 is 29.0 Å². The van der Waals surface area contributed by atoms with Crippen LogP contribution in [0.25, 0.3) is 0 Å². The third-order valence-corrected chi connectivity index (χ3v) is 7.41. The van der Waals surface area contributed by atoms with Crippen molar-refractivity contribution in [2.24, 2.45) is 0 Å². The van der Waals surface area contributed by atoms with Crippen LogP contribution >= 0.6 is 11.8 Å². The topological polar surface area (TPSA) is 105 Å². The number of hydrogen-bond donors (Lipinski definition) is 2. The van der Waals surface area contributed by atoms with Crippen LogP contribution in [0.3, 0.4) is 0 Å². The zero-order valence-corrected chi connectivity index (χ0v) is 20.5. The molecule has 9 heteroatoms. The molecule has 4 aromatic rings. The van der Waals surface area contributed by atoms with E-state index in [1.54, 1.807) is 12.1 Å². The van der Waals surface area contributed by atoms with Crippen LogP contribution in [0, 0.1) is 0 Å². The van der Waals surface area contributed by atoms with Gasteiger partial charge in [0.2, 0.25) is 12.7 Å². The lowest BCUT2D eigenvalue weighted by atomic mass is 10.0. The molecular formula is C28H23N3O5S. The van der Waals surface area contributed by atoms with E-state index in [-0.39, 0.29) is 18.4 Å². The van der Waals surface area contributed by atoms with Gasteiger partial charge in [-0.3, -0.25) is 14.2 Å². The lowest BCUT2D eigenvalue weighted by molar-refractivity contribution is -0.118. The van der Waals surface area contributed by atoms with Gasteiger partial charge in [-0.2, -0.15) is 0 Å².